The van der Waals surface area contributed by atoms with Crippen molar-refractivity contribution in [3.63, 3.8) is 0 Å². The summed E-state index contributed by atoms with van der Waals surface area (Å²) in [4.78, 5) is 27.8. The smallest absolute Gasteiger partial charge is 0.475 e. The van der Waals surface area contributed by atoms with Gasteiger partial charge in [0, 0.05) is 25.0 Å². The van der Waals surface area contributed by atoms with Gasteiger partial charge < -0.3 is 19.5 Å². The Morgan fingerprint density at radius 1 is 1.23 bits per heavy atom. The van der Waals surface area contributed by atoms with Crippen LogP contribution in [0, 0.1) is 5.92 Å². The number of aliphatic carboxylic acids is 1. The molecule has 3 aliphatic rings. The van der Waals surface area contributed by atoms with Gasteiger partial charge in [0.05, 0.1) is 25.2 Å². The van der Waals surface area contributed by atoms with Crippen molar-refractivity contribution in [2.24, 2.45) is 5.92 Å². The van der Waals surface area contributed by atoms with E-state index in [1.807, 2.05) is 23.1 Å². The van der Waals surface area contributed by atoms with Crippen molar-refractivity contribution >= 4 is 11.9 Å². The zero-order valence-corrected chi connectivity index (χ0v) is 16.4. The number of morpholine rings is 1. The van der Waals surface area contributed by atoms with Crippen LogP contribution in [0.3, 0.4) is 0 Å². The van der Waals surface area contributed by atoms with E-state index in [0.29, 0.717) is 19.6 Å². The monoisotopic (exact) mass is 430 g/mol. The number of carbonyl (C=O) groups is 2. The van der Waals surface area contributed by atoms with Crippen LogP contribution in [0.2, 0.25) is 0 Å². The summed E-state index contributed by atoms with van der Waals surface area (Å²) < 4.78 is 43.8. The number of nitrogens with zero attached hydrogens (tertiary/aromatic N) is 2. The quantitative estimate of drug-likeness (QED) is 0.772. The number of fused-ring (bicyclic) bond motifs is 1. The summed E-state index contributed by atoms with van der Waals surface area (Å²) in [6.07, 6.45) is 1.82. The van der Waals surface area contributed by atoms with Gasteiger partial charge in [-0.2, -0.15) is 13.2 Å². The molecule has 3 fully saturated rings. The molecule has 1 aromatic rings. The van der Waals surface area contributed by atoms with Crippen LogP contribution < -0.4 is 0 Å². The predicted octanol–water partition coefficient (Wildman–Crippen LogP) is 2.44. The third-order valence-corrected chi connectivity index (χ3v) is 5.40. The summed E-state index contributed by atoms with van der Waals surface area (Å²) >= 11 is 0. The van der Waals surface area contributed by atoms with E-state index in [9.17, 15) is 18.0 Å². The molecule has 2 aliphatic carbocycles. The number of pyridine rings is 1. The molecule has 0 bridgehead atoms. The third-order valence-electron chi connectivity index (χ3n) is 5.40. The Balaban J connectivity index is 0.000000318. The molecule has 1 saturated heterocycles. The molecule has 1 amide bonds. The molecule has 2 heterocycles. The van der Waals surface area contributed by atoms with Crippen molar-refractivity contribution in [3.05, 3.63) is 30.1 Å². The highest BCUT2D eigenvalue weighted by Gasteiger charge is 2.45. The highest BCUT2D eigenvalue weighted by molar-refractivity contribution is 5.79. The Kier molecular flexibility index (Phi) is 7.30. The van der Waals surface area contributed by atoms with Gasteiger partial charge in [-0.25, -0.2) is 4.79 Å². The fraction of sp³-hybridized carbons (Fsp3) is 0.650. The van der Waals surface area contributed by atoms with Gasteiger partial charge in [-0.15, -0.1) is 0 Å². The Morgan fingerprint density at radius 2 is 1.97 bits per heavy atom. The largest absolute Gasteiger partial charge is 0.490 e. The molecule has 2 saturated carbocycles. The third kappa shape index (κ3) is 6.15. The molecule has 1 aliphatic heterocycles. The van der Waals surface area contributed by atoms with Crippen LogP contribution >= 0.6 is 0 Å². The molecule has 0 aromatic carbocycles. The summed E-state index contributed by atoms with van der Waals surface area (Å²) in [6.45, 7) is 2.15. The molecular formula is C20H25F3N2O5. The minimum atomic E-state index is -5.08. The first-order valence-corrected chi connectivity index (χ1v) is 9.98. The first kappa shape index (κ1) is 22.5. The Labute approximate surface area is 172 Å². The molecule has 0 unspecified atom stereocenters. The summed E-state index contributed by atoms with van der Waals surface area (Å²) in [7, 11) is 0. The van der Waals surface area contributed by atoms with Gasteiger partial charge in [-0.3, -0.25) is 9.78 Å². The zero-order valence-electron chi connectivity index (χ0n) is 16.4. The van der Waals surface area contributed by atoms with E-state index >= 15 is 0 Å². The maximum atomic E-state index is 12.7. The SMILES string of the molecule is O=C(Cc1ccccn1)N1CCO[C@H]2[C@@H](OCC3CC3)CC[C@@H]21.O=C(O)C(F)(F)F. The van der Waals surface area contributed by atoms with Gasteiger partial charge in [0.15, 0.2) is 0 Å². The van der Waals surface area contributed by atoms with Crippen molar-refractivity contribution in [1.29, 1.82) is 0 Å². The van der Waals surface area contributed by atoms with E-state index in [4.69, 9.17) is 19.4 Å². The maximum Gasteiger partial charge on any atom is 0.490 e. The van der Waals surface area contributed by atoms with E-state index in [1.165, 1.54) is 12.8 Å². The molecule has 166 valence electrons. The van der Waals surface area contributed by atoms with Crippen LogP contribution in [-0.4, -0.2) is 71.1 Å². The standard InChI is InChI=1S/C18H24N2O3.C2HF3O2/c21-17(11-14-3-1-2-8-19-14)20-9-10-22-18-15(20)6-7-16(18)23-12-13-4-5-13;3-2(4,5)1(6)7/h1-3,8,13,15-16,18H,4-7,9-12H2;(H,6,7)/t15-,16-,18+;/m0./s1. The highest BCUT2D eigenvalue weighted by atomic mass is 19.4. The summed E-state index contributed by atoms with van der Waals surface area (Å²) in [5.74, 6) is -1.84. The van der Waals surface area contributed by atoms with Gasteiger partial charge >= 0.3 is 12.1 Å². The van der Waals surface area contributed by atoms with Crippen LogP contribution in [0.5, 0.6) is 0 Å². The van der Waals surface area contributed by atoms with Crippen LogP contribution in [-0.2, 0) is 25.5 Å². The normalized spacial score (nSPS) is 25.8. The minimum absolute atomic E-state index is 0.0511. The lowest BCUT2D eigenvalue weighted by Gasteiger charge is -2.39. The van der Waals surface area contributed by atoms with Crippen LogP contribution in [0.1, 0.15) is 31.4 Å². The van der Waals surface area contributed by atoms with Gasteiger partial charge in [-0.05, 0) is 43.7 Å². The molecule has 1 aromatic heterocycles. The Morgan fingerprint density at radius 3 is 2.57 bits per heavy atom. The number of hydrogen-bond acceptors (Lipinski definition) is 5. The number of halogens is 3. The van der Waals surface area contributed by atoms with E-state index < -0.39 is 12.1 Å². The minimum Gasteiger partial charge on any atom is -0.475 e. The predicted molar refractivity (Wildman–Crippen MR) is 98.6 cm³/mol. The lowest BCUT2D eigenvalue weighted by atomic mass is 10.1. The number of carboxylic acids is 1. The van der Waals surface area contributed by atoms with Crippen molar-refractivity contribution in [2.75, 3.05) is 19.8 Å². The lowest BCUT2D eigenvalue weighted by molar-refractivity contribution is -0.192. The van der Waals surface area contributed by atoms with E-state index in [1.54, 1.807) is 6.20 Å². The fourth-order valence-electron chi connectivity index (χ4n) is 3.71. The van der Waals surface area contributed by atoms with Crippen molar-refractivity contribution in [2.45, 2.75) is 56.5 Å². The average Bonchev–Trinajstić information content (AvgIpc) is 3.45. The molecule has 30 heavy (non-hydrogen) atoms. The molecular weight excluding hydrogens is 405 g/mol. The number of carboxylic acid groups (broad SMARTS) is 1. The Hall–Kier alpha value is -2.20. The number of aromatic nitrogens is 1. The second-order valence-corrected chi connectivity index (χ2v) is 7.68. The summed E-state index contributed by atoms with van der Waals surface area (Å²) in [5, 5.41) is 7.12. The fourth-order valence-corrected chi connectivity index (χ4v) is 3.71. The lowest BCUT2D eigenvalue weighted by Crippen LogP contribution is -2.54. The molecule has 3 atom stereocenters. The van der Waals surface area contributed by atoms with Crippen molar-refractivity contribution in [1.82, 2.24) is 9.88 Å². The van der Waals surface area contributed by atoms with Crippen LogP contribution in [0.25, 0.3) is 0 Å². The van der Waals surface area contributed by atoms with Gasteiger partial charge in [0.1, 0.15) is 6.10 Å². The first-order chi connectivity index (χ1) is 14.3. The number of hydrogen-bond donors (Lipinski definition) is 1. The van der Waals surface area contributed by atoms with Crippen molar-refractivity contribution in [3.8, 4) is 0 Å². The first-order valence-electron chi connectivity index (χ1n) is 9.98. The molecule has 7 nitrogen and oxygen atoms in total. The number of carbonyl (C=O) groups excluding carboxylic acids is 1. The van der Waals surface area contributed by atoms with Crippen molar-refractivity contribution < 1.29 is 37.3 Å². The van der Waals surface area contributed by atoms with Gasteiger partial charge in [0.25, 0.3) is 0 Å². The second kappa shape index (κ2) is 9.74. The number of amides is 1. The number of alkyl halides is 3. The number of rotatable bonds is 5. The highest BCUT2D eigenvalue weighted by Crippen LogP contribution is 2.35. The number of ether oxygens (including phenoxy) is 2. The second-order valence-electron chi connectivity index (χ2n) is 7.68. The molecule has 1 N–H and O–H groups in total. The zero-order chi connectivity index (χ0) is 21.7. The molecule has 10 heteroatoms. The topological polar surface area (TPSA) is 89.0 Å². The van der Waals surface area contributed by atoms with Gasteiger partial charge in [0.2, 0.25) is 5.91 Å². The molecule has 0 radical (unpaired) electrons. The summed E-state index contributed by atoms with van der Waals surface area (Å²) in [6, 6.07) is 5.88. The van der Waals surface area contributed by atoms with Gasteiger partial charge in [-0.1, -0.05) is 6.07 Å². The average molecular weight is 430 g/mol. The van der Waals surface area contributed by atoms with Crippen LogP contribution in [0.4, 0.5) is 13.2 Å². The molecule has 0 spiro atoms. The summed E-state index contributed by atoms with van der Waals surface area (Å²) in [5.41, 5.74) is 0.833. The van der Waals surface area contributed by atoms with E-state index in [-0.39, 0.29) is 24.2 Å². The van der Waals surface area contributed by atoms with E-state index in [2.05, 4.69) is 4.98 Å². The molecule has 4 rings (SSSR count). The Bertz CT molecular complexity index is 727. The maximum absolute atomic E-state index is 12.7. The van der Waals surface area contributed by atoms with E-state index in [0.717, 1.165) is 31.1 Å². The van der Waals surface area contributed by atoms with Crippen LogP contribution in [0.15, 0.2) is 24.4 Å².